The molecule has 4 rings (SSSR count). The molecule has 0 bridgehead atoms. The molecule has 1 aliphatic rings. The van der Waals surface area contributed by atoms with E-state index in [-0.39, 0.29) is 0 Å². The molecule has 0 amide bonds. The van der Waals surface area contributed by atoms with E-state index in [0.717, 1.165) is 38.5 Å². The molecule has 4 nitrogen and oxygen atoms in total. The Morgan fingerprint density at radius 3 is 1.62 bits per heavy atom. The van der Waals surface area contributed by atoms with E-state index in [4.69, 9.17) is 9.47 Å². The highest BCUT2D eigenvalue weighted by Crippen LogP contribution is 2.30. The van der Waals surface area contributed by atoms with Gasteiger partial charge >= 0.3 is 11.9 Å². The van der Waals surface area contributed by atoms with Crippen LogP contribution in [0.3, 0.4) is 0 Å². The number of benzene rings is 3. The number of aryl methyl sites for hydroxylation is 4. The number of fused-ring (bicyclic) bond motifs is 1. The highest BCUT2D eigenvalue weighted by atomic mass is 16.5. The van der Waals surface area contributed by atoms with Crippen molar-refractivity contribution in [2.75, 3.05) is 0 Å². The zero-order valence-corrected chi connectivity index (χ0v) is 21.6. The molecule has 0 unspecified atom stereocenters. The molecule has 0 saturated heterocycles. The van der Waals surface area contributed by atoms with Gasteiger partial charge in [-0.3, -0.25) is 0 Å². The zero-order valence-electron chi connectivity index (χ0n) is 21.6. The summed E-state index contributed by atoms with van der Waals surface area (Å²) in [5, 5.41) is 0. The summed E-state index contributed by atoms with van der Waals surface area (Å²) in [6.07, 6.45) is 9.86. The minimum atomic E-state index is -0.444. The molecule has 3 aromatic rings. The highest BCUT2D eigenvalue weighted by molar-refractivity contribution is 5.88. The van der Waals surface area contributed by atoms with Crippen molar-refractivity contribution in [3.63, 3.8) is 0 Å². The van der Waals surface area contributed by atoms with Crippen LogP contribution in [0.2, 0.25) is 0 Å². The van der Waals surface area contributed by atoms with Crippen molar-refractivity contribution in [3.8, 4) is 11.5 Å². The van der Waals surface area contributed by atoms with Crippen molar-refractivity contribution < 1.29 is 19.1 Å². The lowest BCUT2D eigenvalue weighted by Crippen LogP contribution is -2.11. The van der Waals surface area contributed by atoms with E-state index in [1.807, 2.05) is 48.5 Å². The van der Waals surface area contributed by atoms with E-state index in [0.29, 0.717) is 17.1 Å². The van der Waals surface area contributed by atoms with Crippen LogP contribution in [0.5, 0.6) is 11.5 Å². The van der Waals surface area contributed by atoms with Crippen molar-refractivity contribution in [1.82, 2.24) is 0 Å². The fraction of sp³-hybridized carbons (Fsp3) is 0.273. The van der Waals surface area contributed by atoms with Crippen LogP contribution in [0.4, 0.5) is 0 Å². The molecular weight excluding hydrogens is 460 g/mol. The second-order valence-corrected chi connectivity index (χ2v) is 9.63. The van der Waals surface area contributed by atoms with Crippen molar-refractivity contribution in [1.29, 1.82) is 0 Å². The first-order chi connectivity index (χ1) is 17.9. The van der Waals surface area contributed by atoms with Crippen LogP contribution in [0.1, 0.15) is 53.1 Å². The molecule has 0 aliphatic heterocycles. The topological polar surface area (TPSA) is 52.6 Å². The Hall–Kier alpha value is -3.92. The second-order valence-electron chi connectivity index (χ2n) is 9.63. The first kappa shape index (κ1) is 26.2. The number of esters is 2. The standard InChI is InChI=1S/C33H34O4/c1-4-32(34)36-28-19-11-24(12-20-28)9-15-26-17-18-27(31-8-6-5-7-30(26)31)16-10-25-13-21-29(22-14-25)37-33(35)23(2)3/h4,11-14,17-22H,1-2,5-10,15-16H2,3H3. The Morgan fingerprint density at radius 1 is 0.730 bits per heavy atom. The summed E-state index contributed by atoms with van der Waals surface area (Å²) in [6, 6.07) is 20.1. The number of ether oxygens (including phenoxy) is 2. The normalized spacial score (nSPS) is 12.4. The van der Waals surface area contributed by atoms with Crippen LogP contribution in [0.25, 0.3) is 0 Å². The molecule has 0 aromatic heterocycles. The first-order valence-corrected chi connectivity index (χ1v) is 12.9. The second kappa shape index (κ2) is 12.4. The number of carbonyl (C=O) groups excluding carboxylic acids is 2. The summed E-state index contributed by atoms with van der Waals surface area (Å²) in [5.41, 5.74) is 8.83. The van der Waals surface area contributed by atoms with Gasteiger partial charge in [-0.2, -0.15) is 0 Å². The lowest BCUT2D eigenvalue weighted by molar-refractivity contribution is -0.130. The summed E-state index contributed by atoms with van der Waals surface area (Å²) in [7, 11) is 0. The summed E-state index contributed by atoms with van der Waals surface area (Å²) in [5.74, 6) is 0.245. The number of rotatable bonds is 10. The monoisotopic (exact) mass is 494 g/mol. The van der Waals surface area contributed by atoms with Gasteiger partial charge < -0.3 is 9.47 Å². The largest absolute Gasteiger partial charge is 0.423 e. The van der Waals surface area contributed by atoms with Gasteiger partial charge in [0.2, 0.25) is 0 Å². The molecule has 4 heteroatoms. The minimum Gasteiger partial charge on any atom is -0.423 e. The van der Waals surface area contributed by atoms with Gasteiger partial charge in [-0.1, -0.05) is 49.6 Å². The average molecular weight is 495 g/mol. The Morgan fingerprint density at radius 2 is 1.19 bits per heavy atom. The third-order valence-electron chi connectivity index (χ3n) is 6.89. The molecule has 1 aliphatic carbocycles. The smallest absolute Gasteiger partial charge is 0.338 e. The number of hydrogen-bond donors (Lipinski definition) is 0. The van der Waals surface area contributed by atoms with Crippen LogP contribution in [-0.4, -0.2) is 11.9 Å². The Bertz CT molecular complexity index is 1280. The number of hydrogen-bond acceptors (Lipinski definition) is 4. The van der Waals surface area contributed by atoms with Crippen molar-refractivity contribution in [2.45, 2.75) is 58.3 Å². The minimum absolute atomic E-state index is 0.391. The lowest BCUT2D eigenvalue weighted by atomic mass is 9.82. The number of carbonyl (C=O) groups is 2. The van der Waals surface area contributed by atoms with Gasteiger partial charge in [0.15, 0.2) is 0 Å². The van der Waals surface area contributed by atoms with Gasteiger partial charge in [-0.25, -0.2) is 9.59 Å². The maximum Gasteiger partial charge on any atom is 0.338 e. The van der Waals surface area contributed by atoms with E-state index in [1.54, 1.807) is 18.1 Å². The Labute approximate surface area is 219 Å². The molecule has 37 heavy (non-hydrogen) atoms. The van der Waals surface area contributed by atoms with Crippen LogP contribution in [0.15, 0.2) is 85.5 Å². The van der Waals surface area contributed by atoms with Crippen molar-refractivity contribution in [2.24, 2.45) is 0 Å². The van der Waals surface area contributed by atoms with E-state index in [9.17, 15) is 9.59 Å². The summed E-state index contributed by atoms with van der Waals surface area (Å²) >= 11 is 0. The fourth-order valence-electron chi connectivity index (χ4n) is 4.84. The molecule has 190 valence electrons. The molecule has 0 spiro atoms. The van der Waals surface area contributed by atoms with Gasteiger partial charge in [0.25, 0.3) is 0 Å². The van der Waals surface area contributed by atoms with Gasteiger partial charge in [0.05, 0.1) is 0 Å². The van der Waals surface area contributed by atoms with Gasteiger partial charge in [-0.05, 0) is 116 Å². The highest BCUT2D eigenvalue weighted by Gasteiger charge is 2.17. The SMILES string of the molecule is C=CC(=O)Oc1ccc(CCc2ccc(CCc3ccc(OC(=O)C(=C)C)cc3)c3c2CCCC3)cc1. The molecule has 0 N–H and O–H groups in total. The summed E-state index contributed by atoms with van der Waals surface area (Å²) in [4.78, 5) is 23.1. The van der Waals surface area contributed by atoms with Crippen LogP contribution < -0.4 is 9.47 Å². The van der Waals surface area contributed by atoms with Crippen LogP contribution in [0, 0.1) is 0 Å². The predicted molar refractivity (Wildman–Crippen MR) is 147 cm³/mol. The first-order valence-electron chi connectivity index (χ1n) is 12.9. The predicted octanol–water partition coefficient (Wildman–Crippen LogP) is 6.71. The summed E-state index contributed by atoms with van der Waals surface area (Å²) < 4.78 is 10.5. The average Bonchev–Trinajstić information content (AvgIpc) is 2.92. The molecule has 3 aromatic carbocycles. The molecular formula is C33H34O4. The third-order valence-corrected chi connectivity index (χ3v) is 6.89. The molecule has 0 heterocycles. The van der Waals surface area contributed by atoms with Crippen LogP contribution in [-0.2, 0) is 48.1 Å². The maximum atomic E-state index is 11.7. The molecule has 0 radical (unpaired) electrons. The lowest BCUT2D eigenvalue weighted by Gasteiger charge is -2.23. The zero-order chi connectivity index (χ0) is 26.2. The quantitative estimate of drug-likeness (QED) is 0.179. The maximum absolute atomic E-state index is 11.7. The van der Waals surface area contributed by atoms with Gasteiger partial charge in [-0.15, -0.1) is 0 Å². The van der Waals surface area contributed by atoms with E-state index in [2.05, 4.69) is 25.3 Å². The van der Waals surface area contributed by atoms with Gasteiger partial charge in [0, 0.05) is 11.6 Å². The molecule has 0 fully saturated rings. The Kier molecular flexibility index (Phi) is 8.73. The Balaban J connectivity index is 1.39. The van der Waals surface area contributed by atoms with Gasteiger partial charge in [0.1, 0.15) is 11.5 Å². The van der Waals surface area contributed by atoms with Crippen molar-refractivity contribution >= 4 is 11.9 Å². The van der Waals surface area contributed by atoms with E-state index >= 15 is 0 Å². The van der Waals surface area contributed by atoms with E-state index in [1.165, 1.54) is 41.2 Å². The third kappa shape index (κ3) is 7.07. The summed E-state index contributed by atoms with van der Waals surface area (Å²) in [6.45, 7) is 8.70. The fourth-order valence-corrected chi connectivity index (χ4v) is 4.84. The van der Waals surface area contributed by atoms with Crippen LogP contribution >= 0.6 is 0 Å². The van der Waals surface area contributed by atoms with E-state index < -0.39 is 11.9 Å². The molecule has 0 saturated carbocycles. The molecule has 0 atom stereocenters. The van der Waals surface area contributed by atoms with Crippen molar-refractivity contribution in [3.05, 3.63) is 119 Å².